The van der Waals surface area contributed by atoms with Crippen LogP contribution in [0.2, 0.25) is 5.02 Å². The molecule has 0 bridgehead atoms. The Balaban J connectivity index is 2.95. The zero-order valence-electron chi connectivity index (χ0n) is 7.18. The lowest BCUT2D eigenvalue weighted by Crippen LogP contribution is -1.93. The second-order valence-electron chi connectivity index (χ2n) is 2.82. The van der Waals surface area contributed by atoms with E-state index in [9.17, 15) is 0 Å². The molecule has 0 heterocycles. The molecule has 1 nitrogen and oxygen atoms in total. The second kappa shape index (κ2) is 4.48. The summed E-state index contributed by atoms with van der Waals surface area (Å²) < 4.78 is 0. The Morgan fingerprint density at radius 2 is 2.08 bits per heavy atom. The van der Waals surface area contributed by atoms with Crippen LogP contribution in [-0.4, -0.2) is 5.11 Å². The first-order valence-electron chi connectivity index (χ1n) is 4.16. The summed E-state index contributed by atoms with van der Waals surface area (Å²) in [7, 11) is 0. The fraction of sp³-hybridized carbons (Fsp3) is 0.400. The van der Waals surface area contributed by atoms with Gasteiger partial charge in [0.05, 0.1) is 6.61 Å². The largest absolute Gasteiger partial charge is 0.392 e. The van der Waals surface area contributed by atoms with Crippen LogP contribution >= 0.6 is 11.6 Å². The zero-order valence-corrected chi connectivity index (χ0v) is 7.93. The third-order valence-corrected chi connectivity index (χ3v) is 2.09. The van der Waals surface area contributed by atoms with Crippen molar-refractivity contribution in [3.05, 3.63) is 34.3 Å². The number of hydrogen-bond acceptors (Lipinski definition) is 1. The molecule has 0 aliphatic heterocycles. The van der Waals surface area contributed by atoms with Gasteiger partial charge in [-0.15, -0.1) is 0 Å². The summed E-state index contributed by atoms with van der Waals surface area (Å²) in [5.74, 6) is 0. The fourth-order valence-electron chi connectivity index (χ4n) is 1.25. The lowest BCUT2D eigenvalue weighted by atomic mass is 10.0. The van der Waals surface area contributed by atoms with Gasteiger partial charge in [0.15, 0.2) is 0 Å². The highest BCUT2D eigenvalue weighted by Gasteiger charge is 2.00. The maximum atomic E-state index is 8.99. The van der Waals surface area contributed by atoms with Crippen molar-refractivity contribution in [3.8, 4) is 0 Å². The number of rotatable bonds is 3. The smallest absolute Gasteiger partial charge is 0.0684 e. The van der Waals surface area contributed by atoms with Gasteiger partial charge in [0.1, 0.15) is 0 Å². The van der Waals surface area contributed by atoms with Crippen LogP contribution in [0.25, 0.3) is 0 Å². The zero-order chi connectivity index (χ0) is 8.97. The molecule has 0 aliphatic carbocycles. The first kappa shape index (κ1) is 9.56. The quantitative estimate of drug-likeness (QED) is 0.766. The molecule has 0 spiro atoms. The number of hydrogen-bond donors (Lipinski definition) is 1. The molecular weight excluding hydrogens is 172 g/mol. The van der Waals surface area contributed by atoms with Crippen LogP contribution in [0, 0.1) is 0 Å². The molecule has 1 N–H and O–H groups in total. The molecule has 0 fully saturated rings. The molecule has 12 heavy (non-hydrogen) atoms. The molecule has 0 saturated carbocycles. The molecule has 1 rings (SSSR count). The number of aliphatic hydroxyl groups excluding tert-OH is 1. The average molecular weight is 185 g/mol. The van der Waals surface area contributed by atoms with E-state index in [4.69, 9.17) is 16.7 Å². The third kappa shape index (κ3) is 2.23. The fourth-order valence-corrected chi connectivity index (χ4v) is 1.45. The summed E-state index contributed by atoms with van der Waals surface area (Å²) in [6.45, 7) is 2.22. The molecule has 0 aliphatic rings. The second-order valence-corrected chi connectivity index (χ2v) is 3.26. The highest BCUT2D eigenvalue weighted by Crippen LogP contribution is 2.17. The molecule has 0 radical (unpaired) electrons. The Labute approximate surface area is 78.0 Å². The van der Waals surface area contributed by atoms with Gasteiger partial charge >= 0.3 is 0 Å². The van der Waals surface area contributed by atoms with Gasteiger partial charge in [-0.1, -0.05) is 31.0 Å². The number of benzene rings is 1. The van der Waals surface area contributed by atoms with E-state index in [1.807, 2.05) is 18.2 Å². The minimum absolute atomic E-state index is 0.104. The van der Waals surface area contributed by atoms with Crippen LogP contribution in [0.1, 0.15) is 24.5 Å². The van der Waals surface area contributed by atoms with E-state index >= 15 is 0 Å². The van der Waals surface area contributed by atoms with Crippen molar-refractivity contribution in [2.45, 2.75) is 26.4 Å². The van der Waals surface area contributed by atoms with E-state index in [1.165, 1.54) is 0 Å². The van der Waals surface area contributed by atoms with Gasteiger partial charge in [-0.05, 0) is 29.7 Å². The number of halogens is 1. The van der Waals surface area contributed by atoms with E-state index in [2.05, 4.69) is 6.92 Å². The molecule has 66 valence electrons. The van der Waals surface area contributed by atoms with Crippen molar-refractivity contribution >= 4 is 11.6 Å². The van der Waals surface area contributed by atoms with Crippen molar-refractivity contribution < 1.29 is 5.11 Å². The van der Waals surface area contributed by atoms with Gasteiger partial charge in [0.2, 0.25) is 0 Å². The predicted octanol–water partition coefficient (Wildman–Crippen LogP) is 2.78. The normalized spacial score (nSPS) is 10.2. The summed E-state index contributed by atoms with van der Waals surface area (Å²) in [5, 5.41) is 9.74. The summed E-state index contributed by atoms with van der Waals surface area (Å²) in [6.07, 6.45) is 2.06. The van der Waals surface area contributed by atoms with E-state index < -0.39 is 0 Å². The van der Waals surface area contributed by atoms with Crippen molar-refractivity contribution in [1.82, 2.24) is 0 Å². The Hall–Kier alpha value is -0.530. The van der Waals surface area contributed by atoms with Gasteiger partial charge in [0.25, 0.3) is 0 Å². The third-order valence-electron chi connectivity index (χ3n) is 1.86. The minimum Gasteiger partial charge on any atom is -0.392 e. The van der Waals surface area contributed by atoms with Crippen LogP contribution < -0.4 is 0 Å². The lowest BCUT2D eigenvalue weighted by Gasteiger charge is -2.05. The minimum atomic E-state index is 0.104. The SMILES string of the molecule is CCCc1cc(Cl)ccc1CO. The van der Waals surface area contributed by atoms with Crippen LogP contribution in [0.15, 0.2) is 18.2 Å². The molecular formula is C10H13ClO. The molecule has 0 unspecified atom stereocenters. The van der Waals surface area contributed by atoms with Gasteiger partial charge in [0, 0.05) is 5.02 Å². The van der Waals surface area contributed by atoms with Crippen molar-refractivity contribution in [2.24, 2.45) is 0 Å². The molecule has 2 heteroatoms. The van der Waals surface area contributed by atoms with E-state index in [0.29, 0.717) is 0 Å². The van der Waals surface area contributed by atoms with Crippen LogP contribution in [0.4, 0.5) is 0 Å². The molecule has 0 amide bonds. The average Bonchev–Trinajstić information content (AvgIpc) is 2.05. The Kier molecular flexibility index (Phi) is 3.57. The molecule has 0 atom stereocenters. The summed E-state index contributed by atoms with van der Waals surface area (Å²) in [6, 6.07) is 5.62. The van der Waals surface area contributed by atoms with Crippen LogP contribution in [0.5, 0.6) is 0 Å². The molecule has 0 aromatic heterocycles. The Bertz CT molecular complexity index is 258. The van der Waals surface area contributed by atoms with E-state index in [-0.39, 0.29) is 6.61 Å². The molecule has 0 saturated heterocycles. The van der Waals surface area contributed by atoms with Crippen molar-refractivity contribution in [2.75, 3.05) is 0 Å². The lowest BCUT2D eigenvalue weighted by molar-refractivity contribution is 0.280. The summed E-state index contributed by atoms with van der Waals surface area (Å²) >= 11 is 5.83. The van der Waals surface area contributed by atoms with Crippen LogP contribution in [-0.2, 0) is 13.0 Å². The van der Waals surface area contributed by atoms with Gasteiger partial charge < -0.3 is 5.11 Å². The maximum Gasteiger partial charge on any atom is 0.0684 e. The predicted molar refractivity (Wildman–Crippen MR) is 51.4 cm³/mol. The number of aliphatic hydroxyl groups is 1. The van der Waals surface area contributed by atoms with Gasteiger partial charge in [-0.2, -0.15) is 0 Å². The summed E-state index contributed by atoms with van der Waals surface area (Å²) in [5.41, 5.74) is 2.15. The standard InChI is InChI=1S/C10H13ClO/c1-2-3-8-6-10(11)5-4-9(8)7-12/h4-6,12H,2-3,7H2,1H3. The van der Waals surface area contributed by atoms with E-state index in [0.717, 1.165) is 29.0 Å². The highest BCUT2D eigenvalue weighted by molar-refractivity contribution is 6.30. The summed E-state index contributed by atoms with van der Waals surface area (Å²) in [4.78, 5) is 0. The van der Waals surface area contributed by atoms with E-state index in [1.54, 1.807) is 0 Å². The Morgan fingerprint density at radius 3 is 2.67 bits per heavy atom. The first-order chi connectivity index (χ1) is 5.77. The first-order valence-corrected chi connectivity index (χ1v) is 4.54. The van der Waals surface area contributed by atoms with Crippen molar-refractivity contribution in [1.29, 1.82) is 0 Å². The number of aryl methyl sites for hydroxylation is 1. The molecule has 1 aromatic carbocycles. The van der Waals surface area contributed by atoms with Gasteiger partial charge in [-0.3, -0.25) is 0 Å². The highest BCUT2D eigenvalue weighted by atomic mass is 35.5. The maximum absolute atomic E-state index is 8.99. The Morgan fingerprint density at radius 1 is 1.33 bits per heavy atom. The van der Waals surface area contributed by atoms with Crippen molar-refractivity contribution in [3.63, 3.8) is 0 Å². The van der Waals surface area contributed by atoms with Gasteiger partial charge in [-0.25, -0.2) is 0 Å². The molecule has 1 aromatic rings. The monoisotopic (exact) mass is 184 g/mol. The van der Waals surface area contributed by atoms with Crippen LogP contribution in [0.3, 0.4) is 0 Å². The topological polar surface area (TPSA) is 20.2 Å².